The molecule has 5 heteroatoms. The number of rotatable bonds is 3. The van der Waals surface area contributed by atoms with Crippen LogP contribution in [0.2, 0.25) is 0 Å². The molecule has 2 fully saturated rings. The van der Waals surface area contributed by atoms with E-state index in [1.165, 1.54) is 16.8 Å². The number of aliphatic hydroxyl groups is 1. The molecule has 20 heavy (non-hydrogen) atoms. The summed E-state index contributed by atoms with van der Waals surface area (Å²) < 4.78 is 0. The monoisotopic (exact) mass is 282 g/mol. The van der Waals surface area contributed by atoms with Crippen LogP contribution in [0.5, 0.6) is 0 Å². The zero-order valence-corrected chi connectivity index (χ0v) is 13.1. The maximum Gasteiger partial charge on any atom is 0.328 e. The Kier molecular flexibility index (Phi) is 3.61. The Bertz CT molecular complexity index is 437. The standard InChI is InChI=1S/C15H26N2O3/c1-6-8-14-9-7-11(10(2)3)15(14,20)17(5)13(19)16(4)12(14)18/h10-11,20H,6-9H2,1-5H3/t11-,14+,15-/m0/s1. The van der Waals surface area contributed by atoms with E-state index < -0.39 is 17.2 Å². The van der Waals surface area contributed by atoms with Crippen molar-refractivity contribution in [3.63, 3.8) is 0 Å². The van der Waals surface area contributed by atoms with Crippen LogP contribution in [-0.2, 0) is 4.79 Å². The summed E-state index contributed by atoms with van der Waals surface area (Å²) >= 11 is 0. The topological polar surface area (TPSA) is 60.9 Å². The van der Waals surface area contributed by atoms with Crippen LogP contribution < -0.4 is 0 Å². The van der Waals surface area contributed by atoms with Crippen molar-refractivity contribution in [1.82, 2.24) is 9.80 Å². The minimum atomic E-state index is -1.35. The number of hydrogen-bond donors (Lipinski definition) is 1. The summed E-state index contributed by atoms with van der Waals surface area (Å²) in [5, 5.41) is 11.4. The van der Waals surface area contributed by atoms with Gasteiger partial charge in [-0.15, -0.1) is 0 Å². The van der Waals surface area contributed by atoms with Crippen LogP contribution >= 0.6 is 0 Å². The highest BCUT2D eigenvalue weighted by Crippen LogP contribution is 2.58. The van der Waals surface area contributed by atoms with Crippen molar-refractivity contribution >= 4 is 11.9 Å². The number of hydrogen-bond acceptors (Lipinski definition) is 3. The Labute approximate surface area is 120 Å². The Hall–Kier alpha value is -1.10. The van der Waals surface area contributed by atoms with Gasteiger partial charge in [0, 0.05) is 20.0 Å². The van der Waals surface area contributed by atoms with E-state index >= 15 is 0 Å². The molecule has 3 amide bonds. The largest absolute Gasteiger partial charge is 0.369 e. The fourth-order valence-electron chi connectivity index (χ4n) is 4.40. The molecule has 5 nitrogen and oxygen atoms in total. The first-order valence-corrected chi connectivity index (χ1v) is 7.52. The molecular formula is C15H26N2O3. The van der Waals surface area contributed by atoms with Crippen molar-refractivity contribution in [2.45, 2.75) is 52.2 Å². The van der Waals surface area contributed by atoms with Crippen molar-refractivity contribution in [2.24, 2.45) is 17.3 Å². The minimum absolute atomic E-state index is 0.0550. The molecule has 0 unspecified atom stereocenters. The average molecular weight is 282 g/mol. The van der Waals surface area contributed by atoms with Gasteiger partial charge in [0.25, 0.3) is 0 Å². The number of urea groups is 1. The van der Waals surface area contributed by atoms with Crippen LogP contribution in [0.3, 0.4) is 0 Å². The summed E-state index contributed by atoms with van der Waals surface area (Å²) in [4.78, 5) is 27.6. The highest BCUT2D eigenvalue weighted by molar-refractivity contribution is 6.01. The third kappa shape index (κ3) is 1.59. The summed E-state index contributed by atoms with van der Waals surface area (Å²) in [7, 11) is 3.14. The molecule has 1 heterocycles. The first-order valence-electron chi connectivity index (χ1n) is 7.52. The second-order valence-corrected chi connectivity index (χ2v) is 6.65. The third-order valence-electron chi connectivity index (χ3n) is 5.38. The number of carbonyl (C=O) groups is 2. The Morgan fingerprint density at radius 3 is 2.45 bits per heavy atom. The summed E-state index contributed by atoms with van der Waals surface area (Å²) in [6.45, 7) is 6.11. The Balaban J connectivity index is 2.59. The smallest absolute Gasteiger partial charge is 0.328 e. The lowest BCUT2D eigenvalue weighted by Gasteiger charge is -2.55. The molecule has 0 aromatic heterocycles. The van der Waals surface area contributed by atoms with Crippen LogP contribution in [-0.4, -0.2) is 46.7 Å². The molecule has 3 atom stereocenters. The molecule has 1 saturated carbocycles. The number of fused-ring (bicyclic) bond motifs is 1. The van der Waals surface area contributed by atoms with Gasteiger partial charge >= 0.3 is 6.03 Å². The third-order valence-corrected chi connectivity index (χ3v) is 5.38. The summed E-state index contributed by atoms with van der Waals surface area (Å²) in [5.74, 6) is -0.0427. The van der Waals surface area contributed by atoms with Crippen LogP contribution in [0.4, 0.5) is 4.79 Å². The molecule has 0 radical (unpaired) electrons. The average Bonchev–Trinajstić information content (AvgIpc) is 2.70. The van der Waals surface area contributed by atoms with Crippen LogP contribution in [0.15, 0.2) is 0 Å². The van der Waals surface area contributed by atoms with Crippen molar-refractivity contribution in [2.75, 3.05) is 14.1 Å². The number of nitrogens with zero attached hydrogens (tertiary/aromatic N) is 2. The van der Waals surface area contributed by atoms with E-state index in [0.29, 0.717) is 12.8 Å². The fourth-order valence-corrected chi connectivity index (χ4v) is 4.40. The predicted molar refractivity (Wildman–Crippen MR) is 75.8 cm³/mol. The van der Waals surface area contributed by atoms with E-state index in [2.05, 4.69) is 0 Å². The molecule has 0 spiro atoms. The normalized spacial score (nSPS) is 37.9. The van der Waals surface area contributed by atoms with E-state index in [0.717, 1.165) is 12.8 Å². The fraction of sp³-hybridized carbons (Fsp3) is 0.867. The molecule has 1 aliphatic carbocycles. The second-order valence-electron chi connectivity index (χ2n) is 6.65. The summed E-state index contributed by atoms with van der Waals surface area (Å²) in [6.07, 6.45) is 2.87. The second kappa shape index (κ2) is 4.72. The van der Waals surface area contributed by atoms with Gasteiger partial charge in [-0.25, -0.2) is 4.79 Å². The first kappa shape index (κ1) is 15.3. The maximum atomic E-state index is 12.8. The number of carbonyl (C=O) groups excluding carboxylic acids is 2. The maximum absolute atomic E-state index is 12.8. The van der Waals surface area contributed by atoms with Crippen LogP contribution in [0, 0.1) is 17.3 Å². The lowest BCUT2D eigenvalue weighted by Crippen LogP contribution is -2.73. The van der Waals surface area contributed by atoms with Crippen molar-refractivity contribution < 1.29 is 14.7 Å². The quantitative estimate of drug-likeness (QED) is 0.862. The Morgan fingerprint density at radius 1 is 1.35 bits per heavy atom. The van der Waals surface area contributed by atoms with Gasteiger partial charge < -0.3 is 5.11 Å². The highest BCUT2D eigenvalue weighted by Gasteiger charge is 2.70. The van der Waals surface area contributed by atoms with Gasteiger partial charge in [0.15, 0.2) is 5.72 Å². The molecule has 114 valence electrons. The molecule has 1 aliphatic heterocycles. The van der Waals surface area contributed by atoms with Gasteiger partial charge in [0.05, 0.1) is 5.41 Å². The molecular weight excluding hydrogens is 256 g/mol. The molecule has 2 aliphatic rings. The zero-order chi connectivity index (χ0) is 15.3. The van der Waals surface area contributed by atoms with E-state index in [1.54, 1.807) is 7.05 Å². The van der Waals surface area contributed by atoms with Gasteiger partial charge in [-0.05, 0) is 25.2 Å². The number of amides is 3. The lowest BCUT2D eigenvalue weighted by molar-refractivity contribution is -0.211. The van der Waals surface area contributed by atoms with E-state index in [1.807, 2.05) is 20.8 Å². The van der Waals surface area contributed by atoms with Crippen LogP contribution in [0.1, 0.15) is 46.5 Å². The molecule has 0 aromatic rings. The van der Waals surface area contributed by atoms with Crippen molar-refractivity contribution in [3.8, 4) is 0 Å². The Morgan fingerprint density at radius 2 is 1.95 bits per heavy atom. The van der Waals surface area contributed by atoms with E-state index in [4.69, 9.17) is 0 Å². The van der Waals surface area contributed by atoms with Gasteiger partial charge in [0.2, 0.25) is 5.91 Å². The summed E-state index contributed by atoms with van der Waals surface area (Å²) in [6, 6.07) is -0.406. The van der Waals surface area contributed by atoms with E-state index in [-0.39, 0.29) is 17.7 Å². The van der Waals surface area contributed by atoms with Crippen LogP contribution in [0.25, 0.3) is 0 Å². The minimum Gasteiger partial charge on any atom is -0.369 e. The number of imide groups is 1. The highest BCUT2D eigenvalue weighted by atomic mass is 16.3. The summed E-state index contributed by atoms with van der Waals surface area (Å²) in [5.41, 5.74) is -2.19. The molecule has 2 rings (SSSR count). The zero-order valence-electron chi connectivity index (χ0n) is 13.1. The van der Waals surface area contributed by atoms with Gasteiger partial charge in [-0.2, -0.15) is 0 Å². The van der Waals surface area contributed by atoms with Crippen molar-refractivity contribution in [3.05, 3.63) is 0 Å². The molecule has 1 N–H and O–H groups in total. The molecule has 0 aromatic carbocycles. The first-order chi connectivity index (χ1) is 9.24. The SMILES string of the molecule is CCC[C@]12CC[C@@H](C(C)C)[C@@]1(O)N(C)C(=O)N(C)C2=O. The predicted octanol–water partition coefficient (Wildman–Crippen LogP) is 2.05. The molecule has 0 bridgehead atoms. The van der Waals surface area contributed by atoms with Gasteiger partial charge in [-0.3, -0.25) is 14.6 Å². The van der Waals surface area contributed by atoms with Gasteiger partial charge in [-0.1, -0.05) is 27.2 Å². The molecule has 1 saturated heterocycles. The lowest BCUT2D eigenvalue weighted by atomic mass is 9.69. The van der Waals surface area contributed by atoms with Gasteiger partial charge in [0.1, 0.15) is 0 Å². The van der Waals surface area contributed by atoms with Crippen molar-refractivity contribution in [1.29, 1.82) is 0 Å². The van der Waals surface area contributed by atoms with E-state index in [9.17, 15) is 14.7 Å².